The van der Waals surface area contributed by atoms with Crippen LogP contribution in [0.25, 0.3) is 0 Å². The summed E-state index contributed by atoms with van der Waals surface area (Å²) in [6.45, 7) is 10.9. The Morgan fingerprint density at radius 2 is 1.92 bits per heavy atom. The summed E-state index contributed by atoms with van der Waals surface area (Å²) in [5, 5.41) is 7.85. The van der Waals surface area contributed by atoms with Gasteiger partial charge in [0, 0.05) is 29.6 Å². The fourth-order valence-corrected chi connectivity index (χ4v) is 2.99. The molecule has 0 fully saturated rings. The van der Waals surface area contributed by atoms with Crippen LogP contribution in [0, 0.1) is 6.92 Å². The standard InChI is InChI=1S/C18H26N4S.HI/c1-5-19-17(21-12-16-11-20-14(2)23-16)22-13-18(3,4)15-9-7-6-8-10-15;/h6-11H,5,12-13H2,1-4H3,(H2,19,21,22);1H. The van der Waals surface area contributed by atoms with E-state index in [1.165, 1.54) is 10.4 Å². The first-order valence-corrected chi connectivity index (χ1v) is 8.82. The molecule has 4 nitrogen and oxygen atoms in total. The van der Waals surface area contributed by atoms with E-state index >= 15 is 0 Å². The highest BCUT2D eigenvalue weighted by Gasteiger charge is 2.20. The summed E-state index contributed by atoms with van der Waals surface area (Å²) >= 11 is 1.69. The normalized spacial score (nSPS) is 11.8. The molecule has 2 aromatic rings. The highest BCUT2D eigenvalue weighted by molar-refractivity contribution is 14.0. The summed E-state index contributed by atoms with van der Waals surface area (Å²) in [6, 6.07) is 10.6. The van der Waals surface area contributed by atoms with Crippen LogP contribution in [-0.2, 0) is 12.0 Å². The second-order valence-corrected chi connectivity index (χ2v) is 7.46. The summed E-state index contributed by atoms with van der Waals surface area (Å²) in [5.74, 6) is 0.850. The van der Waals surface area contributed by atoms with Crippen molar-refractivity contribution in [3.05, 3.63) is 52.0 Å². The summed E-state index contributed by atoms with van der Waals surface area (Å²) in [6.07, 6.45) is 1.90. The van der Waals surface area contributed by atoms with Gasteiger partial charge in [-0.25, -0.2) is 9.98 Å². The van der Waals surface area contributed by atoms with Crippen LogP contribution in [0.2, 0.25) is 0 Å². The average Bonchev–Trinajstić information content (AvgIpc) is 2.96. The Kier molecular flexibility index (Phi) is 8.69. The first-order valence-electron chi connectivity index (χ1n) is 8.00. The molecule has 0 saturated heterocycles. The van der Waals surface area contributed by atoms with Gasteiger partial charge in [0.1, 0.15) is 0 Å². The van der Waals surface area contributed by atoms with E-state index in [4.69, 9.17) is 0 Å². The van der Waals surface area contributed by atoms with Gasteiger partial charge in [-0.3, -0.25) is 0 Å². The fourth-order valence-electron chi connectivity index (χ4n) is 2.27. The summed E-state index contributed by atoms with van der Waals surface area (Å²) < 4.78 is 0. The smallest absolute Gasteiger partial charge is 0.191 e. The Labute approximate surface area is 166 Å². The molecule has 0 atom stereocenters. The molecule has 132 valence electrons. The number of aliphatic imine (C=N–C) groups is 1. The monoisotopic (exact) mass is 458 g/mol. The number of hydrogen-bond acceptors (Lipinski definition) is 3. The number of hydrogen-bond donors (Lipinski definition) is 2. The van der Waals surface area contributed by atoms with Crippen molar-refractivity contribution in [1.29, 1.82) is 0 Å². The predicted octanol–water partition coefficient (Wildman–Crippen LogP) is 4.10. The SMILES string of the molecule is CCNC(=NCc1cnc(C)s1)NCC(C)(C)c1ccccc1.I. The maximum atomic E-state index is 4.66. The minimum atomic E-state index is 0. The van der Waals surface area contributed by atoms with Crippen molar-refractivity contribution in [3.63, 3.8) is 0 Å². The molecular formula is C18H27IN4S. The third-order valence-corrected chi connectivity index (χ3v) is 4.56. The van der Waals surface area contributed by atoms with E-state index in [2.05, 4.69) is 71.7 Å². The summed E-state index contributed by atoms with van der Waals surface area (Å²) in [7, 11) is 0. The lowest BCUT2D eigenvalue weighted by molar-refractivity contribution is 0.508. The van der Waals surface area contributed by atoms with Crippen LogP contribution in [0.15, 0.2) is 41.5 Å². The number of nitrogens with zero attached hydrogens (tertiary/aromatic N) is 2. The molecule has 24 heavy (non-hydrogen) atoms. The van der Waals surface area contributed by atoms with Gasteiger partial charge in [-0.15, -0.1) is 35.3 Å². The van der Waals surface area contributed by atoms with Crippen molar-refractivity contribution >= 4 is 41.3 Å². The summed E-state index contributed by atoms with van der Waals surface area (Å²) in [4.78, 5) is 10.1. The molecule has 0 aliphatic rings. The van der Waals surface area contributed by atoms with Crippen molar-refractivity contribution in [2.24, 2.45) is 4.99 Å². The van der Waals surface area contributed by atoms with Gasteiger partial charge in [0.25, 0.3) is 0 Å². The van der Waals surface area contributed by atoms with Gasteiger partial charge in [0.05, 0.1) is 11.6 Å². The molecule has 0 radical (unpaired) electrons. The Morgan fingerprint density at radius 1 is 1.21 bits per heavy atom. The van der Waals surface area contributed by atoms with Gasteiger partial charge in [-0.1, -0.05) is 44.2 Å². The zero-order valence-corrected chi connectivity index (χ0v) is 17.9. The largest absolute Gasteiger partial charge is 0.357 e. The molecule has 6 heteroatoms. The molecule has 0 aliphatic heterocycles. The number of halogens is 1. The lowest BCUT2D eigenvalue weighted by Gasteiger charge is -2.26. The molecule has 0 unspecified atom stereocenters. The van der Waals surface area contributed by atoms with Crippen molar-refractivity contribution in [1.82, 2.24) is 15.6 Å². The predicted molar refractivity (Wildman–Crippen MR) is 115 cm³/mol. The Hall–Kier alpha value is -1.15. The lowest BCUT2D eigenvalue weighted by Crippen LogP contribution is -2.43. The molecule has 2 N–H and O–H groups in total. The third-order valence-electron chi connectivity index (χ3n) is 3.66. The van der Waals surface area contributed by atoms with E-state index in [1.54, 1.807) is 11.3 Å². The molecular weight excluding hydrogens is 431 g/mol. The van der Waals surface area contributed by atoms with Gasteiger partial charge < -0.3 is 10.6 Å². The minimum absolute atomic E-state index is 0. The molecule has 0 saturated carbocycles. The van der Waals surface area contributed by atoms with E-state index in [1.807, 2.05) is 13.1 Å². The van der Waals surface area contributed by atoms with E-state index in [9.17, 15) is 0 Å². The van der Waals surface area contributed by atoms with Crippen LogP contribution < -0.4 is 10.6 Å². The second kappa shape index (κ2) is 9.98. The first-order chi connectivity index (χ1) is 11.0. The van der Waals surface area contributed by atoms with Crippen LogP contribution in [0.4, 0.5) is 0 Å². The van der Waals surface area contributed by atoms with E-state index in [0.29, 0.717) is 6.54 Å². The van der Waals surface area contributed by atoms with Crippen molar-refractivity contribution in [2.75, 3.05) is 13.1 Å². The van der Waals surface area contributed by atoms with Gasteiger partial charge in [-0.2, -0.15) is 0 Å². The van der Waals surface area contributed by atoms with Crippen LogP contribution in [0.3, 0.4) is 0 Å². The Bertz CT molecular complexity index is 637. The number of nitrogens with one attached hydrogen (secondary N) is 2. The Balaban J connectivity index is 0.00000288. The summed E-state index contributed by atoms with van der Waals surface area (Å²) in [5.41, 5.74) is 1.36. The van der Waals surface area contributed by atoms with Crippen molar-refractivity contribution in [3.8, 4) is 0 Å². The topological polar surface area (TPSA) is 49.3 Å². The fraction of sp³-hybridized carbons (Fsp3) is 0.444. The minimum Gasteiger partial charge on any atom is -0.357 e. The second-order valence-electron chi connectivity index (χ2n) is 6.14. The molecule has 0 amide bonds. The van der Waals surface area contributed by atoms with Gasteiger partial charge >= 0.3 is 0 Å². The quantitative estimate of drug-likeness (QED) is 0.389. The highest BCUT2D eigenvalue weighted by atomic mass is 127. The van der Waals surface area contributed by atoms with Gasteiger partial charge in [0.2, 0.25) is 0 Å². The van der Waals surface area contributed by atoms with Crippen LogP contribution >= 0.6 is 35.3 Å². The molecule has 2 rings (SSSR count). The molecule has 1 aromatic heterocycles. The molecule has 0 aliphatic carbocycles. The van der Waals surface area contributed by atoms with E-state index < -0.39 is 0 Å². The van der Waals surface area contributed by atoms with Crippen molar-refractivity contribution < 1.29 is 0 Å². The van der Waals surface area contributed by atoms with Crippen LogP contribution in [0.1, 0.15) is 36.2 Å². The molecule has 1 aromatic carbocycles. The molecule has 0 spiro atoms. The van der Waals surface area contributed by atoms with Gasteiger partial charge in [0.15, 0.2) is 5.96 Å². The number of guanidine groups is 1. The number of benzene rings is 1. The maximum absolute atomic E-state index is 4.66. The lowest BCUT2D eigenvalue weighted by atomic mass is 9.85. The van der Waals surface area contributed by atoms with Crippen molar-refractivity contribution in [2.45, 2.75) is 39.7 Å². The van der Waals surface area contributed by atoms with Crippen LogP contribution in [0.5, 0.6) is 0 Å². The third kappa shape index (κ3) is 6.39. The van der Waals surface area contributed by atoms with E-state index in [-0.39, 0.29) is 29.4 Å². The zero-order valence-electron chi connectivity index (χ0n) is 14.8. The number of rotatable bonds is 6. The zero-order chi connectivity index (χ0) is 16.7. The van der Waals surface area contributed by atoms with E-state index in [0.717, 1.165) is 24.1 Å². The van der Waals surface area contributed by atoms with Gasteiger partial charge in [-0.05, 0) is 19.4 Å². The first kappa shape index (κ1) is 20.9. The average molecular weight is 458 g/mol. The van der Waals surface area contributed by atoms with Crippen LogP contribution in [-0.4, -0.2) is 24.0 Å². The molecule has 1 heterocycles. The Morgan fingerprint density at radius 3 is 2.50 bits per heavy atom. The molecule has 0 bridgehead atoms. The number of thiazole rings is 1. The number of aromatic nitrogens is 1. The maximum Gasteiger partial charge on any atom is 0.191 e. The highest BCUT2D eigenvalue weighted by Crippen LogP contribution is 2.21. The number of aryl methyl sites for hydroxylation is 1.